The smallest absolute Gasteiger partial charge is 0.325 e. The maximum Gasteiger partial charge on any atom is 0.325 e. The minimum atomic E-state index is -1.12. The second-order valence-corrected chi connectivity index (χ2v) is 7.66. The lowest BCUT2D eigenvalue weighted by molar-refractivity contribution is -0.135. The van der Waals surface area contributed by atoms with Gasteiger partial charge < -0.3 is 10.6 Å². The van der Waals surface area contributed by atoms with Crippen LogP contribution in [0.4, 0.5) is 4.79 Å². The number of fused-ring (bicyclic) bond motifs is 1. The van der Waals surface area contributed by atoms with E-state index in [1.807, 2.05) is 55.5 Å². The molecule has 1 saturated heterocycles. The van der Waals surface area contributed by atoms with E-state index in [0.717, 1.165) is 35.3 Å². The van der Waals surface area contributed by atoms with E-state index in [9.17, 15) is 14.4 Å². The van der Waals surface area contributed by atoms with E-state index in [4.69, 9.17) is 0 Å². The number of nitrogens with zero attached hydrogens (tertiary/aromatic N) is 1. The second-order valence-electron chi connectivity index (χ2n) is 7.66. The van der Waals surface area contributed by atoms with E-state index in [2.05, 4.69) is 16.7 Å². The topological polar surface area (TPSA) is 78.5 Å². The summed E-state index contributed by atoms with van der Waals surface area (Å²) in [6.07, 6.45) is 3.27. The van der Waals surface area contributed by atoms with Gasteiger partial charge in [0.2, 0.25) is 5.91 Å². The van der Waals surface area contributed by atoms with Gasteiger partial charge in [0.25, 0.3) is 5.91 Å². The van der Waals surface area contributed by atoms with Crippen molar-refractivity contribution < 1.29 is 14.4 Å². The number of urea groups is 1. The number of carbonyl (C=O) groups excluding carboxylic acids is 3. The van der Waals surface area contributed by atoms with E-state index < -0.39 is 11.6 Å². The second kappa shape index (κ2) is 7.70. The molecule has 0 saturated carbocycles. The lowest BCUT2D eigenvalue weighted by Crippen LogP contribution is -2.45. The van der Waals surface area contributed by atoms with Crippen LogP contribution >= 0.6 is 0 Å². The van der Waals surface area contributed by atoms with Gasteiger partial charge in [-0.3, -0.25) is 14.5 Å². The van der Waals surface area contributed by atoms with E-state index in [1.165, 1.54) is 5.56 Å². The predicted molar refractivity (Wildman–Crippen MR) is 109 cm³/mol. The zero-order valence-corrected chi connectivity index (χ0v) is 16.5. The van der Waals surface area contributed by atoms with Gasteiger partial charge in [0.15, 0.2) is 0 Å². The molecule has 2 aromatic rings. The van der Waals surface area contributed by atoms with Crippen molar-refractivity contribution in [1.29, 1.82) is 0 Å². The summed E-state index contributed by atoms with van der Waals surface area (Å²) in [5, 5.41) is 5.83. The fourth-order valence-corrected chi connectivity index (χ4v) is 4.42. The summed E-state index contributed by atoms with van der Waals surface area (Å²) in [5.74, 6) is -0.703. The zero-order chi connectivity index (χ0) is 20.4. The first-order chi connectivity index (χ1) is 14.0. The van der Waals surface area contributed by atoms with Gasteiger partial charge in [-0.1, -0.05) is 61.5 Å². The monoisotopic (exact) mass is 391 g/mol. The normalized spacial score (nSPS) is 23.5. The third-order valence-corrected chi connectivity index (χ3v) is 5.98. The van der Waals surface area contributed by atoms with Crippen molar-refractivity contribution in [3.8, 4) is 0 Å². The third kappa shape index (κ3) is 3.39. The molecule has 0 radical (unpaired) electrons. The number of nitrogens with one attached hydrogen (secondary N) is 2. The Morgan fingerprint density at radius 1 is 1.14 bits per heavy atom. The van der Waals surface area contributed by atoms with Crippen molar-refractivity contribution in [2.75, 3.05) is 6.54 Å². The molecule has 2 atom stereocenters. The number of rotatable bonds is 5. The van der Waals surface area contributed by atoms with Crippen LogP contribution in [0.25, 0.3) is 0 Å². The van der Waals surface area contributed by atoms with Gasteiger partial charge in [0.1, 0.15) is 12.1 Å². The highest BCUT2D eigenvalue weighted by atomic mass is 16.2. The fraction of sp³-hybridized carbons (Fsp3) is 0.348. The Morgan fingerprint density at radius 2 is 1.86 bits per heavy atom. The quantitative estimate of drug-likeness (QED) is 0.769. The van der Waals surface area contributed by atoms with Crippen LogP contribution in [-0.2, 0) is 21.5 Å². The maximum atomic E-state index is 13.2. The van der Waals surface area contributed by atoms with Gasteiger partial charge in [-0.15, -0.1) is 0 Å². The van der Waals surface area contributed by atoms with Crippen LogP contribution in [0.5, 0.6) is 0 Å². The number of imide groups is 1. The van der Waals surface area contributed by atoms with Gasteiger partial charge in [0.05, 0.1) is 6.04 Å². The molecule has 4 rings (SSSR count). The third-order valence-electron chi connectivity index (χ3n) is 5.98. The van der Waals surface area contributed by atoms with Crippen molar-refractivity contribution >= 4 is 17.8 Å². The summed E-state index contributed by atoms with van der Waals surface area (Å²) < 4.78 is 0. The van der Waals surface area contributed by atoms with Crippen molar-refractivity contribution in [1.82, 2.24) is 15.5 Å². The standard InChI is InChI=1S/C23H25N3O3/c1-2-23(17-11-4-3-5-12-17)21(28)26(22(29)25-23)15-20(27)24-19-14-8-10-16-9-6-7-13-18(16)19/h3-7,9,11-13,19H,2,8,10,14-15H2,1H3,(H,24,27)(H,25,29)/t19-,23-/m1/s1. The minimum absolute atomic E-state index is 0.0849. The Bertz CT molecular complexity index is 943. The van der Waals surface area contributed by atoms with Crippen molar-refractivity contribution in [3.63, 3.8) is 0 Å². The molecule has 0 spiro atoms. The molecule has 1 aliphatic heterocycles. The molecule has 0 bridgehead atoms. The van der Waals surface area contributed by atoms with Crippen LogP contribution in [0.15, 0.2) is 54.6 Å². The van der Waals surface area contributed by atoms with Crippen LogP contribution in [0.3, 0.4) is 0 Å². The highest BCUT2D eigenvalue weighted by Crippen LogP contribution is 2.33. The minimum Gasteiger partial charge on any atom is -0.348 e. The lowest BCUT2D eigenvalue weighted by Gasteiger charge is -2.27. The average Bonchev–Trinajstić information content (AvgIpc) is 3.00. The molecular formula is C23H25N3O3. The first-order valence-corrected chi connectivity index (χ1v) is 10.1. The van der Waals surface area contributed by atoms with Crippen LogP contribution in [0.2, 0.25) is 0 Å². The molecule has 2 N–H and O–H groups in total. The molecule has 0 unspecified atom stereocenters. The number of hydrogen-bond acceptors (Lipinski definition) is 3. The van der Waals surface area contributed by atoms with Gasteiger partial charge in [0, 0.05) is 0 Å². The van der Waals surface area contributed by atoms with Crippen molar-refractivity contribution in [3.05, 3.63) is 71.3 Å². The van der Waals surface area contributed by atoms with Gasteiger partial charge in [-0.2, -0.15) is 0 Å². The summed E-state index contributed by atoms with van der Waals surface area (Å²) in [6.45, 7) is 1.58. The maximum absolute atomic E-state index is 13.2. The summed E-state index contributed by atoms with van der Waals surface area (Å²) in [4.78, 5) is 39.5. The summed E-state index contributed by atoms with van der Waals surface area (Å²) >= 11 is 0. The molecule has 2 aliphatic rings. The van der Waals surface area contributed by atoms with E-state index in [-0.39, 0.29) is 24.4 Å². The van der Waals surface area contributed by atoms with E-state index in [1.54, 1.807) is 0 Å². The number of hydrogen-bond donors (Lipinski definition) is 2. The molecular weight excluding hydrogens is 366 g/mol. The Labute approximate surface area is 170 Å². The Morgan fingerprint density at radius 3 is 2.62 bits per heavy atom. The summed E-state index contributed by atoms with van der Waals surface area (Å²) in [6, 6.07) is 16.7. The SMILES string of the molecule is CC[C@]1(c2ccccc2)NC(=O)N(CC(=O)N[C@@H]2CCCc3ccccc32)C1=O. The molecule has 1 aliphatic carbocycles. The lowest BCUT2D eigenvalue weighted by atomic mass is 9.87. The van der Waals surface area contributed by atoms with E-state index in [0.29, 0.717) is 6.42 Å². The Balaban J connectivity index is 1.49. The molecule has 29 heavy (non-hydrogen) atoms. The molecule has 6 nitrogen and oxygen atoms in total. The molecule has 4 amide bonds. The Kier molecular flexibility index (Phi) is 5.09. The summed E-state index contributed by atoms with van der Waals surface area (Å²) in [5.41, 5.74) is 1.98. The molecule has 1 fully saturated rings. The molecule has 150 valence electrons. The van der Waals surface area contributed by atoms with Crippen LogP contribution in [0.1, 0.15) is 48.9 Å². The molecule has 6 heteroatoms. The van der Waals surface area contributed by atoms with Crippen LogP contribution in [-0.4, -0.2) is 29.3 Å². The fourth-order valence-electron chi connectivity index (χ4n) is 4.42. The average molecular weight is 391 g/mol. The molecule has 2 aromatic carbocycles. The van der Waals surface area contributed by atoms with Gasteiger partial charge >= 0.3 is 6.03 Å². The summed E-state index contributed by atoms with van der Waals surface area (Å²) in [7, 11) is 0. The number of amides is 4. The van der Waals surface area contributed by atoms with Crippen molar-refractivity contribution in [2.45, 2.75) is 44.2 Å². The molecule has 0 aromatic heterocycles. The predicted octanol–water partition coefficient (Wildman–Crippen LogP) is 3.04. The Hall–Kier alpha value is -3.15. The highest BCUT2D eigenvalue weighted by molar-refractivity contribution is 6.09. The van der Waals surface area contributed by atoms with Gasteiger partial charge in [-0.05, 0) is 42.4 Å². The zero-order valence-electron chi connectivity index (χ0n) is 16.5. The molecule has 1 heterocycles. The van der Waals surface area contributed by atoms with Crippen molar-refractivity contribution in [2.24, 2.45) is 0 Å². The number of aryl methyl sites for hydroxylation is 1. The first-order valence-electron chi connectivity index (χ1n) is 10.1. The van der Waals surface area contributed by atoms with Crippen LogP contribution < -0.4 is 10.6 Å². The number of benzene rings is 2. The largest absolute Gasteiger partial charge is 0.348 e. The first kappa shape index (κ1) is 19.2. The van der Waals surface area contributed by atoms with Gasteiger partial charge in [-0.25, -0.2) is 4.79 Å². The van der Waals surface area contributed by atoms with Crippen LogP contribution in [0, 0.1) is 0 Å². The van der Waals surface area contributed by atoms with E-state index >= 15 is 0 Å². The highest BCUT2D eigenvalue weighted by Gasteiger charge is 2.51. The number of carbonyl (C=O) groups is 3.